The van der Waals surface area contributed by atoms with Crippen LogP contribution in [0.25, 0.3) is 6.08 Å². The molecular weight excluding hydrogens is 472 g/mol. The standard InChI is InChI=1S/C29H34N2O4S/c1-17-3-7-20(36-17)8-10-24(33)30(2)21-11-12-29(34)23-15-19-6-9-22(32)26-25(19)28(29,27(21)35-26)13-14-31(23)16-18-4-5-18/h3,6-10,18,21,23,27,32,34H,4-5,11-16H2,1-2H3/b10-8+/t21?,23-,27?,28+,29-/m1/s1. The normalized spacial score (nSPS) is 34.5. The highest BCUT2D eigenvalue weighted by Crippen LogP contribution is 2.66. The average Bonchev–Trinajstić information content (AvgIpc) is 3.46. The Morgan fingerprint density at radius 2 is 2.08 bits per heavy atom. The molecule has 3 heterocycles. The number of phenolic OH excluding ortho intramolecular Hbond substituents is 1. The van der Waals surface area contributed by atoms with Crippen LogP contribution in [0.3, 0.4) is 0 Å². The number of aromatic hydroxyl groups is 1. The summed E-state index contributed by atoms with van der Waals surface area (Å²) in [5.74, 6) is 1.37. The molecule has 3 fully saturated rings. The SMILES string of the molecule is Cc1ccc(/C=C/C(=O)N(C)C2CC[C@@]3(O)[C@H]4Cc5ccc(O)c6c5[C@@]3(CCN4CC3CC3)C2O6)s1. The number of aryl methyl sites for hydroxylation is 1. The number of hydrogen-bond donors (Lipinski definition) is 2. The van der Waals surface area contributed by atoms with Crippen LogP contribution < -0.4 is 4.74 Å². The van der Waals surface area contributed by atoms with Gasteiger partial charge in [0.2, 0.25) is 5.91 Å². The summed E-state index contributed by atoms with van der Waals surface area (Å²) in [6, 6.07) is 7.72. The minimum atomic E-state index is -0.929. The molecule has 1 spiro atoms. The number of aliphatic hydroxyl groups is 1. The number of thiophene rings is 1. The van der Waals surface area contributed by atoms with E-state index in [2.05, 4.69) is 17.9 Å². The van der Waals surface area contributed by atoms with Gasteiger partial charge in [0.15, 0.2) is 11.5 Å². The zero-order valence-electron chi connectivity index (χ0n) is 20.9. The molecule has 7 rings (SSSR count). The van der Waals surface area contributed by atoms with Crippen molar-refractivity contribution in [3.8, 4) is 11.5 Å². The summed E-state index contributed by atoms with van der Waals surface area (Å²) in [6.45, 7) is 4.04. The minimum absolute atomic E-state index is 0.0462. The maximum atomic E-state index is 13.3. The number of likely N-dealkylation sites (tertiary alicyclic amines) is 1. The maximum Gasteiger partial charge on any atom is 0.246 e. The summed E-state index contributed by atoms with van der Waals surface area (Å²) in [7, 11) is 1.85. The first-order chi connectivity index (χ1) is 17.3. The molecule has 2 unspecified atom stereocenters. The van der Waals surface area contributed by atoms with E-state index in [1.54, 1.807) is 28.4 Å². The monoisotopic (exact) mass is 506 g/mol. The molecule has 2 N–H and O–H groups in total. The van der Waals surface area contributed by atoms with Gasteiger partial charge in [-0.2, -0.15) is 0 Å². The predicted molar refractivity (Wildman–Crippen MR) is 139 cm³/mol. The molecule has 7 heteroatoms. The molecule has 1 amide bonds. The number of carbonyl (C=O) groups is 1. The lowest BCUT2D eigenvalue weighted by atomic mass is 9.48. The predicted octanol–water partition coefficient (Wildman–Crippen LogP) is 3.87. The lowest BCUT2D eigenvalue weighted by Gasteiger charge is -2.64. The van der Waals surface area contributed by atoms with E-state index in [0.717, 1.165) is 42.3 Å². The minimum Gasteiger partial charge on any atom is -0.504 e. The summed E-state index contributed by atoms with van der Waals surface area (Å²) >= 11 is 1.67. The Labute approximate surface area is 216 Å². The lowest BCUT2D eigenvalue weighted by Crippen LogP contribution is -2.78. The van der Waals surface area contributed by atoms with Gasteiger partial charge in [0.25, 0.3) is 0 Å². The van der Waals surface area contributed by atoms with Crippen molar-refractivity contribution >= 4 is 23.3 Å². The zero-order valence-corrected chi connectivity index (χ0v) is 21.8. The molecule has 2 bridgehead atoms. The van der Waals surface area contributed by atoms with Crippen LogP contribution in [0.4, 0.5) is 0 Å². The molecule has 2 aliphatic heterocycles. The van der Waals surface area contributed by atoms with Gasteiger partial charge in [-0.3, -0.25) is 9.69 Å². The third kappa shape index (κ3) is 3.06. The van der Waals surface area contributed by atoms with Gasteiger partial charge < -0.3 is 19.8 Å². The van der Waals surface area contributed by atoms with Crippen LogP contribution in [0.2, 0.25) is 0 Å². The van der Waals surface area contributed by atoms with Crippen molar-refractivity contribution in [3.05, 3.63) is 51.2 Å². The third-order valence-corrected chi connectivity index (χ3v) is 10.7. The van der Waals surface area contributed by atoms with Gasteiger partial charge in [0.1, 0.15) is 6.10 Å². The Hall–Kier alpha value is -2.35. The van der Waals surface area contributed by atoms with Crippen molar-refractivity contribution in [1.29, 1.82) is 0 Å². The molecule has 5 aliphatic rings. The molecule has 5 atom stereocenters. The topological polar surface area (TPSA) is 73.2 Å². The second-order valence-corrected chi connectivity index (χ2v) is 12.9. The number of likely N-dealkylation sites (N-methyl/N-ethyl adjacent to an activating group) is 1. The number of piperidine rings is 1. The van der Waals surface area contributed by atoms with Gasteiger partial charge in [-0.1, -0.05) is 6.07 Å². The fourth-order valence-electron chi connectivity index (χ4n) is 7.83. The summed E-state index contributed by atoms with van der Waals surface area (Å²) in [5.41, 5.74) is 0.656. The average molecular weight is 507 g/mol. The fourth-order valence-corrected chi connectivity index (χ4v) is 8.61. The number of ether oxygens (including phenoxy) is 1. The van der Waals surface area contributed by atoms with Crippen molar-refractivity contribution in [3.63, 3.8) is 0 Å². The van der Waals surface area contributed by atoms with Crippen LogP contribution in [0.1, 0.15) is 53.0 Å². The molecule has 1 saturated heterocycles. The molecule has 3 aliphatic carbocycles. The molecule has 1 aromatic carbocycles. The lowest BCUT2D eigenvalue weighted by molar-refractivity contribution is -0.200. The smallest absolute Gasteiger partial charge is 0.246 e. The molecule has 0 radical (unpaired) electrons. The number of nitrogens with zero attached hydrogens (tertiary/aromatic N) is 2. The molecule has 36 heavy (non-hydrogen) atoms. The number of phenols is 1. The highest BCUT2D eigenvalue weighted by molar-refractivity contribution is 7.12. The Balaban J connectivity index is 1.26. The first kappa shape index (κ1) is 22.8. The second kappa shape index (κ2) is 7.83. The second-order valence-electron chi connectivity index (χ2n) is 11.6. The Morgan fingerprint density at radius 1 is 1.25 bits per heavy atom. The van der Waals surface area contributed by atoms with Gasteiger partial charge in [-0.15, -0.1) is 11.3 Å². The highest BCUT2D eigenvalue weighted by atomic mass is 32.1. The van der Waals surface area contributed by atoms with Crippen molar-refractivity contribution in [2.75, 3.05) is 20.1 Å². The van der Waals surface area contributed by atoms with Crippen LogP contribution in [0.5, 0.6) is 11.5 Å². The Kier molecular flexibility index (Phi) is 4.96. The molecular formula is C29H34N2O4S. The van der Waals surface area contributed by atoms with Gasteiger partial charge in [0.05, 0.1) is 17.1 Å². The number of hydrogen-bond acceptors (Lipinski definition) is 6. The van der Waals surface area contributed by atoms with Crippen molar-refractivity contribution in [1.82, 2.24) is 9.80 Å². The van der Waals surface area contributed by atoms with Crippen LogP contribution >= 0.6 is 11.3 Å². The fraction of sp³-hybridized carbons (Fsp3) is 0.552. The summed E-state index contributed by atoms with van der Waals surface area (Å²) in [4.78, 5) is 19.9. The highest BCUT2D eigenvalue weighted by Gasteiger charge is 2.73. The van der Waals surface area contributed by atoms with Gasteiger partial charge >= 0.3 is 0 Å². The number of rotatable bonds is 5. The van der Waals surface area contributed by atoms with E-state index >= 15 is 0 Å². The van der Waals surface area contributed by atoms with Crippen molar-refractivity contribution in [2.24, 2.45) is 5.92 Å². The van der Waals surface area contributed by atoms with Gasteiger partial charge in [0, 0.05) is 41.0 Å². The summed E-state index contributed by atoms with van der Waals surface area (Å²) < 4.78 is 6.61. The summed E-state index contributed by atoms with van der Waals surface area (Å²) in [6.07, 6.45) is 8.61. The first-order valence-electron chi connectivity index (χ1n) is 13.3. The van der Waals surface area contributed by atoms with Crippen LogP contribution in [-0.2, 0) is 16.6 Å². The largest absolute Gasteiger partial charge is 0.504 e. The van der Waals surface area contributed by atoms with Crippen molar-refractivity contribution in [2.45, 2.75) is 74.7 Å². The number of benzene rings is 1. The van der Waals surface area contributed by atoms with E-state index in [0.29, 0.717) is 18.6 Å². The molecule has 6 nitrogen and oxygen atoms in total. The Bertz CT molecular complexity index is 1270. The van der Waals surface area contributed by atoms with E-state index in [9.17, 15) is 15.0 Å². The Morgan fingerprint density at radius 3 is 2.83 bits per heavy atom. The van der Waals surface area contributed by atoms with E-state index in [4.69, 9.17) is 4.74 Å². The first-order valence-corrected chi connectivity index (χ1v) is 14.1. The van der Waals surface area contributed by atoms with E-state index in [1.165, 1.54) is 23.3 Å². The maximum absolute atomic E-state index is 13.3. The number of carbonyl (C=O) groups excluding carboxylic acids is 1. The van der Waals surface area contributed by atoms with E-state index in [1.807, 2.05) is 25.3 Å². The molecule has 2 aromatic rings. The molecule has 1 aromatic heterocycles. The van der Waals surface area contributed by atoms with Crippen LogP contribution in [0.15, 0.2) is 30.3 Å². The third-order valence-electron chi connectivity index (χ3n) is 9.73. The van der Waals surface area contributed by atoms with E-state index in [-0.39, 0.29) is 29.8 Å². The van der Waals surface area contributed by atoms with Gasteiger partial charge in [-0.05, 0) is 87.7 Å². The zero-order chi connectivity index (χ0) is 24.8. The van der Waals surface area contributed by atoms with Crippen LogP contribution in [-0.4, -0.2) is 69.8 Å². The van der Waals surface area contributed by atoms with Gasteiger partial charge in [-0.25, -0.2) is 0 Å². The van der Waals surface area contributed by atoms with Crippen molar-refractivity contribution < 1.29 is 19.7 Å². The van der Waals surface area contributed by atoms with E-state index < -0.39 is 11.0 Å². The van der Waals surface area contributed by atoms with Crippen LogP contribution in [0, 0.1) is 12.8 Å². The molecule has 2 saturated carbocycles. The quantitative estimate of drug-likeness (QED) is 0.603. The molecule has 190 valence electrons. The number of amides is 1. The summed E-state index contributed by atoms with van der Waals surface area (Å²) in [5, 5.41) is 23.4.